The van der Waals surface area contributed by atoms with Crippen molar-refractivity contribution in [2.45, 2.75) is 31.7 Å². The van der Waals surface area contributed by atoms with E-state index in [-0.39, 0.29) is 41.6 Å². The van der Waals surface area contributed by atoms with Gasteiger partial charge in [-0.15, -0.1) is 0 Å². The van der Waals surface area contributed by atoms with Crippen LogP contribution in [0.1, 0.15) is 31.1 Å². The quantitative estimate of drug-likeness (QED) is 0.820. The van der Waals surface area contributed by atoms with Crippen molar-refractivity contribution >= 4 is 15.9 Å². The van der Waals surface area contributed by atoms with E-state index in [1.54, 1.807) is 6.07 Å². The predicted molar refractivity (Wildman–Crippen MR) is 94.3 cm³/mol. The molecule has 7 nitrogen and oxygen atoms in total. The van der Waals surface area contributed by atoms with E-state index < -0.39 is 10.0 Å². The van der Waals surface area contributed by atoms with Gasteiger partial charge in [0.1, 0.15) is 10.6 Å². The van der Waals surface area contributed by atoms with Gasteiger partial charge in [-0.05, 0) is 31.0 Å². The number of sulfonamides is 1. The molecule has 1 aromatic rings. The molecule has 1 fully saturated rings. The summed E-state index contributed by atoms with van der Waals surface area (Å²) in [6.45, 7) is 7.21. The molecular weight excluding hydrogens is 344 g/mol. The maximum atomic E-state index is 12.9. The Bertz CT molecular complexity index is 712. The Labute approximate surface area is 149 Å². The van der Waals surface area contributed by atoms with Crippen LogP contribution in [0.2, 0.25) is 0 Å². The van der Waals surface area contributed by atoms with Crippen LogP contribution in [-0.2, 0) is 14.8 Å². The lowest BCUT2D eigenvalue weighted by molar-refractivity contribution is 0.0729. The maximum absolute atomic E-state index is 12.9. The largest absolute Gasteiger partial charge is 0.495 e. The second-order valence-corrected chi connectivity index (χ2v) is 8.29. The third kappa shape index (κ3) is 4.50. The molecule has 25 heavy (non-hydrogen) atoms. The Morgan fingerprint density at radius 3 is 2.44 bits per heavy atom. The highest BCUT2D eigenvalue weighted by atomic mass is 32.2. The van der Waals surface area contributed by atoms with Crippen LogP contribution >= 0.6 is 0 Å². The highest BCUT2D eigenvalue weighted by Crippen LogP contribution is 2.28. The maximum Gasteiger partial charge on any atom is 0.251 e. The minimum absolute atomic E-state index is 0.00162. The Kier molecular flexibility index (Phi) is 6.42. The average molecular weight is 370 g/mol. The van der Waals surface area contributed by atoms with Crippen LogP contribution in [0.5, 0.6) is 5.75 Å². The fraction of sp³-hybridized carbons (Fsp3) is 0.588. The zero-order valence-corrected chi connectivity index (χ0v) is 15.9. The molecule has 1 unspecified atom stereocenters. The molecule has 0 bridgehead atoms. The number of ether oxygens (including phenoxy) is 2. The molecule has 0 aliphatic carbocycles. The van der Waals surface area contributed by atoms with Gasteiger partial charge in [0.05, 0.1) is 20.3 Å². The fourth-order valence-corrected chi connectivity index (χ4v) is 3.99. The lowest BCUT2D eigenvalue weighted by atomic mass is 10.1. The lowest BCUT2D eigenvalue weighted by Crippen LogP contribution is -2.41. The first-order valence-corrected chi connectivity index (χ1v) is 9.78. The molecule has 1 aliphatic rings. The first-order valence-electron chi connectivity index (χ1n) is 8.34. The van der Waals surface area contributed by atoms with Crippen LogP contribution in [0.4, 0.5) is 0 Å². The molecule has 1 atom stereocenters. The Hall–Kier alpha value is -1.64. The third-order valence-electron chi connectivity index (χ3n) is 4.37. The van der Waals surface area contributed by atoms with Gasteiger partial charge < -0.3 is 14.8 Å². The molecule has 0 spiro atoms. The number of methoxy groups -OCH3 is 1. The van der Waals surface area contributed by atoms with Crippen LogP contribution in [0.15, 0.2) is 23.1 Å². The number of hydrogen-bond donors (Lipinski definition) is 1. The highest BCUT2D eigenvalue weighted by molar-refractivity contribution is 7.89. The number of morpholine rings is 1. The van der Waals surface area contributed by atoms with Gasteiger partial charge in [-0.25, -0.2) is 8.42 Å². The first kappa shape index (κ1) is 19.7. The van der Waals surface area contributed by atoms with Gasteiger partial charge in [-0.3, -0.25) is 4.79 Å². The van der Waals surface area contributed by atoms with Crippen LogP contribution < -0.4 is 10.1 Å². The van der Waals surface area contributed by atoms with Crippen molar-refractivity contribution in [1.82, 2.24) is 9.62 Å². The van der Waals surface area contributed by atoms with Crippen LogP contribution in [0, 0.1) is 5.92 Å². The predicted octanol–water partition coefficient (Wildman–Crippen LogP) is 1.49. The second kappa shape index (κ2) is 8.16. The summed E-state index contributed by atoms with van der Waals surface area (Å²) in [4.78, 5) is 12.4. The van der Waals surface area contributed by atoms with Crippen molar-refractivity contribution < 1.29 is 22.7 Å². The van der Waals surface area contributed by atoms with E-state index in [0.717, 1.165) is 0 Å². The summed E-state index contributed by atoms with van der Waals surface area (Å²) in [6, 6.07) is 4.45. The number of nitrogens with zero attached hydrogens (tertiary/aromatic N) is 1. The molecule has 0 radical (unpaired) electrons. The standard InChI is InChI=1S/C17H26N2O5S/c1-12(2)13(3)18-17(20)14-5-6-15(23-4)16(11-14)25(21,22)19-7-9-24-10-8-19/h5-6,11-13H,7-10H2,1-4H3,(H,18,20). The lowest BCUT2D eigenvalue weighted by Gasteiger charge is -2.27. The van der Waals surface area contributed by atoms with E-state index in [1.165, 1.54) is 23.5 Å². The van der Waals surface area contributed by atoms with Gasteiger partial charge in [-0.1, -0.05) is 13.8 Å². The Morgan fingerprint density at radius 2 is 1.88 bits per heavy atom. The van der Waals surface area contributed by atoms with E-state index in [2.05, 4.69) is 5.32 Å². The zero-order valence-electron chi connectivity index (χ0n) is 15.1. The van der Waals surface area contributed by atoms with Gasteiger partial charge >= 0.3 is 0 Å². The monoisotopic (exact) mass is 370 g/mol. The van der Waals surface area contributed by atoms with E-state index >= 15 is 0 Å². The van der Waals surface area contributed by atoms with Crippen LogP contribution in [0.25, 0.3) is 0 Å². The number of nitrogens with one attached hydrogen (secondary N) is 1. The van der Waals surface area contributed by atoms with Crippen molar-refractivity contribution in [3.05, 3.63) is 23.8 Å². The number of carbonyl (C=O) groups excluding carboxylic acids is 1. The van der Waals surface area contributed by atoms with E-state index in [9.17, 15) is 13.2 Å². The number of amides is 1. The SMILES string of the molecule is COc1ccc(C(=O)NC(C)C(C)C)cc1S(=O)(=O)N1CCOCC1. The van der Waals surface area contributed by atoms with Gasteiger partial charge in [0.25, 0.3) is 5.91 Å². The van der Waals surface area contributed by atoms with Crippen LogP contribution in [-0.4, -0.2) is 58.1 Å². The molecule has 1 amide bonds. The van der Waals surface area contributed by atoms with E-state index in [4.69, 9.17) is 9.47 Å². The molecule has 1 saturated heterocycles. The van der Waals surface area contributed by atoms with Crippen molar-refractivity contribution in [1.29, 1.82) is 0 Å². The van der Waals surface area contributed by atoms with E-state index in [1.807, 2.05) is 20.8 Å². The summed E-state index contributed by atoms with van der Waals surface area (Å²) in [5, 5.41) is 2.88. The summed E-state index contributed by atoms with van der Waals surface area (Å²) < 4.78 is 37.6. The van der Waals surface area contributed by atoms with Gasteiger partial charge in [0, 0.05) is 24.7 Å². The molecule has 1 heterocycles. The van der Waals surface area contributed by atoms with Crippen molar-refractivity contribution in [3.8, 4) is 5.75 Å². The first-order chi connectivity index (χ1) is 11.8. The number of hydrogen-bond acceptors (Lipinski definition) is 5. The number of benzene rings is 1. The Morgan fingerprint density at radius 1 is 1.24 bits per heavy atom. The van der Waals surface area contributed by atoms with Gasteiger partial charge in [-0.2, -0.15) is 4.31 Å². The topological polar surface area (TPSA) is 84.9 Å². The molecule has 0 saturated carbocycles. The second-order valence-electron chi connectivity index (χ2n) is 6.39. The third-order valence-corrected chi connectivity index (χ3v) is 6.29. The molecule has 1 aliphatic heterocycles. The van der Waals surface area contributed by atoms with Crippen molar-refractivity contribution in [2.75, 3.05) is 33.4 Å². The molecule has 1 N–H and O–H groups in total. The Balaban J connectivity index is 2.35. The molecule has 2 rings (SSSR count). The zero-order chi connectivity index (χ0) is 18.6. The minimum atomic E-state index is -3.76. The summed E-state index contributed by atoms with van der Waals surface area (Å²) >= 11 is 0. The summed E-state index contributed by atoms with van der Waals surface area (Å²) in [5.74, 6) is 0.195. The summed E-state index contributed by atoms with van der Waals surface area (Å²) in [6.07, 6.45) is 0. The molecule has 8 heteroatoms. The minimum Gasteiger partial charge on any atom is -0.495 e. The molecule has 140 valence electrons. The highest BCUT2D eigenvalue weighted by Gasteiger charge is 2.30. The average Bonchev–Trinajstić information content (AvgIpc) is 2.61. The van der Waals surface area contributed by atoms with Gasteiger partial charge in [0.15, 0.2) is 0 Å². The smallest absolute Gasteiger partial charge is 0.251 e. The van der Waals surface area contributed by atoms with Gasteiger partial charge in [0.2, 0.25) is 10.0 Å². The summed E-state index contributed by atoms with van der Waals surface area (Å²) in [5.41, 5.74) is 0.292. The number of carbonyl (C=O) groups is 1. The summed E-state index contributed by atoms with van der Waals surface area (Å²) in [7, 11) is -2.35. The van der Waals surface area contributed by atoms with Crippen molar-refractivity contribution in [3.63, 3.8) is 0 Å². The fourth-order valence-electron chi connectivity index (χ4n) is 2.40. The van der Waals surface area contributed by atoms with E-state index in [0.29, 0.717) is 18.8 Å². The molecule has 0 aromatic heterocycles. The van der Waals surface area contributed by atoms with Crippen LogP contribution in [0.3, 0.4) is 0 Å². The molecular formula is C17H26N2O5S. The normalized spacial score (nSPS) is 17.3. The molecule has 1 aromatic carbocycles. The van der Waals surface area contributed by atoms with Crippen molar-refractivity contribution in [2.24, 2.45) is 5.92 Å². The number of rotatable bonds is 6.